The van der Waals surface area contributed by atoms with Gasteiger partial charge in [0.25, 0.3) is 0 Å². The van der Waals surface area contributed by atoms with Crippen molar-refractivity contribution in [1.29, 1.82) is 0 Å². The van der Waals surface area contributed by atoms with Crippen molar-refractivity contribution >= 4 is 5.82 Å². The third kappa shape index (κ3) is 2.94. The third-order valence-corrected chi connectivity index (χ3v) is 2.76. The first kappa shape index (κ1) is 13.1. The summed E-state index contributed by atoms with van der Waals surface area (Å²) in [5.41, 5.74) is 6.25. The Morgan fingerprint density at radius 3 is 2.95 bits per heavy atom. The van der Waals surface area contributed by atoms with E-state index in [0.717, 1.165) is 5.69 Å². The number of aryl methyl sites for hydroxylation is 2. The molecular weight excluding hydrogens is 250 g/mol. The predicted molar refractivity (Wildman–Crippen MR) is 66.4 cm³/mol. The van der Waals surface area contributed by atoms with E-state index in [1.807, 2.05) is 0 Å². The molecule has 0 unspecified atom stereocenters. The van der Waals surface area contributed by atoms with Gasteiger partial charge < -0.3 is 15.8 Å². The molecule has 2 rings (SSSR count). The monoisotopic (exact) mass is 265 g/mol. The predicted octanol–water partition coefficient (Wildman–Crippen LogP) is -0.107. The molecule has 2 heterocycles. The molecule has 19 heavy (non-hydrogen) atoms. The molecule has 9 heteroatoms. The fraction of sp³-hybridized carbons (Fsp3) is 0.500. The summed E-state index contributed by atoms with van der Waals surface area (Å²) in [5, 5.41) is 18.7. The van der Waals surface area contributed by atoms with E-state index in [1.54, 1.807) is 22.4 Å². The lowest BCUT2D eigenvalue weighted by Crippen LogP contribution is -2.11. The van der Waals surface area contributed by atoms with Gasteiger partial charge in [-0.2, -0.15) is 0 Å². The van der Waals surface area contributed by atoms with E-state index >= 15 is 0 Å². The summed E-state index contributed by atoms with van der Waals surface area (Å²) < 4.78 is 3.19. The fourth-order valence-corrected chi connectivity index (χ4v) is 1.79. The van der Waals surface area contributed by atoms with Gasteiger partial charge in [0.05, 0.1) is 12.2 Å². The van der Waals surface area contributed by atoms with Crippen molar-refractivity contribution in [2.45, 2.75) is 26.4 Å². The number of hydrogen-bond acceptors (Lipinski definition) is 6. The lowest BCUT2D eigenvalue weighted by molar-refractivity contribution is -0.392. The Morgan fingerprint density at radius 1 is 1.47 bits per heavy atom. The highest BCUT2D eigenvalue weighted by Gasteiger charge is 2.17. The minimum Gasteiger partial charge on any atom is -0.358 e. The molecule has 0 fully saturated rings. The quantitative estimate of drug-likeness (QED) is 0.575. The number of nitro groups is 1. The zero-order valence-electron chi connectivity index (χ0n) is 10.6. The maximum Gasteiger partial charge on any atom is 0.342 e. The van der Waals surface area contributed by atoms with E-state index < -0.39 is 4.92 Å². The summed E-state index contributed by atoms with van der Waals surface area (Å²) in [6.07, 6.45) is 3.73. The molecule has 9 nitrogen and oxygen atoms in total. The highest BCUT2D eigenvalue weighted by atomic mass is 16.6. The fourth-order valence-electron chi connectivity index (χ4n) is 1.79. The van der Waals surface area contributed by atoms with Crippen molar-refractivity contribution in [1.82, 2.24) is 24.5 Å². The number of nitrogens with zero attached hydrogens (tertiary/aromatic N) is 6. The summed E-state index contributed by atoms with van der Waals surface area (Å²) in [6.45, 7) is 3.17. The van der Waals surface area contributed by atoms with Gasteiger partial charge >= 0.3 is 5.82 Å². The third-order valence-electron chi connectivity index (χ3n) is 2.76. The van der Waals surface area contributed by atoms with Crippen LogP contribution in [0, 0.1) is 17.0 Å². The Bertz CT molecular complexity index is 574. The molecule has 0 saturated heterocycles. The lowest BCUT2D eigenvalue weighted by Gasteiger charge is -2.02. The summed E-state index contributed by atoms with van der Waals surface area (Å²) in [6, 6.07) is 0. The van der Waals surface area contributed by atoms with Crippen molar-refractivity contribution in [3.8, 4) is 0 Å². The zero-order valence-corrected chi connectivity index (χ0v) is 10.6. The maximum absolute atomic E-state index is 10.8. The first-order valence-corrected chi connectivity index (χ1v) is 5.87. The van der Waals surface area contributed by atoms with Crippen LogP contribution in [-0.2, 0) is 19.5 Å². The van der Waals surface area contributed by atoms with Crippen molar-refractivity contribution in [2.24, 2.45) is 5.73 Å². The van der Waals surface area contributed by atoms with Crippen LogP contribution in [-0.4, -0.2) is 36.0 Å². The molecule has 0 bridgehead atoms. The van der Waals surface area contributed by atoms with E-state index in [4.69, 9.17) is 5.73 Å². The van der Waals surface area contributed by atoms with Crippen LogP contribution in [0.3, 0.4) is 0 Å². The Labute approximate surface area is 109 Å². The van der Waals surface area contributed by atoms with Gasteiger partial charge in [0.2, 0.25) is 0 Å². The minimum atomic E-state index is -0.443. The molecule has 0 radical (unpaired) electrons. The highest BCUT2D eigenvalue weighted by Crippen LogP contribution is 2.13. The topological polar surface area (TPSA) is 118 Å². The highest BCUT2D eigenvalue weighted by molar-refractivity contribution is 5.18. The second-order valence-electron chi connectivity index (χ2n) is 4.08. The molecule has 0 aliphatic carbocycles. The summed E-state index contributed by atoms with van der Waals surface area (Å²) >= 11 is 0. The van der Waals surface area contributed by atoms with E-state index in [9.17, 15) is 10.1 Å². The van der Waals surface area contributed by atoms with Crippen LogP contribution in [0.15, 0.2) is 12.4 Å². The molecule has 2 N–H and O–H groups in total. The zero-order chi connectivity index (χ0) is 13.8. The maximum atomic E-state index is 10.8. The Morgan fingerprint density at radius 2 is 2.26 bits per heavy atom. The van der Waals surface area contributed by atoms with Crippen LogP contribution in [0.1, 0.15) is 11.5 Å². The smallest absolute Gasteiger partial charge is 0.342 e. The SMILES string of the molecule is Cc1ncc([N+](=O)[O-])n1CCn1cc(CCN)nn1. The number of hydrogen-bond donors (Lipinski definition) is 1. The Hall–Kier alpha value is -2.29. The van der Waals surface area contributed by atoms with Gasteiger partial charge in [-0.05, 0) is 11.5 Å². The normalized spacial score (nSPS) is 10.8. The molecule has 0 aromatic carbocycles. The van der Waals surface area contributed by atoms with Crippen LogP contribution in [0.2, 0.25) is 0 Å². The van der Waals surface area contributed by atoms with Crippen molar-refractivity contribution in [2.75, 3.05) is 6.54 Å². The largest absolute Gasteiger partial charge is 0.358 e. The van der Waals surface area contributed by atoms with Gasteiger partial charge in [-0.1, -0.05) is 5.21 Å². The van der Waals surface area contributed by atoms with E-state index in [1.165, 1.54) is 6.20 Å². The van der Waals surface area contributed by atoms with Gasteiger partial charge in [-0.25, -0.2) is 14.2 Å². The molecule has 0 atom stereocenters. The number of aromatic nitrogens is 5. The van der Waals surface area contributed by atoms with Gasteiger partial charge in [0.15, 0.2) is 5.82 Å². The van der Waals surface area contributed by atoms with Gasteiger partial charge in [-0.15, -0.1) is 5.10 Å². The summed E-state index contributed by atoms with van der Waals surface area (Å²) in [7, 11) is 0. The average Bonchev–Trinajstić information content (AvgIpc) is 2.94. The number of rotatable bonds is 6. The van der Waals surface area contributed by atoms with E-state index in [0.29, 0.717) is 31.9 Å². The number of nitrogens with two attached hydrogens (primary N) is 1. The first-order chi connectivity index (χ1) is 9.11. The second kappa shape index (κ2) is 5.57. The Balaban J connectivity index is 2.05. The first-order valence-electron chi connectivity index (χ1n) is 5.87. The van der Waals surface area contributed by atoms with Gasteiger partial charge in [0, 0.05) is 19.5 Å². The molecule has 2 aromatic heterocycles. The van der Waals surface area contributed by atoms with Gasteiger partial charge in [-0.3, -0.25) is 0 Å². The van der Waals surface area contributed by atoms with Crippen molar-refractivity contribution in [3.63, 3.8) is 0 Å². The lowest BCUT2D eigenvalue weighted by atomic mass is 10.3. The van der Waals surface area contributed by atoms with E-state index in [-0.39, 0.29) is 5.82 Å². The molecule has 0 saturated carbocycles. The summed E-state index contributed by atoms with van der Waals surface area (Å²) in [5.74, 6) is 0.591. The Kier molecular flexibility index (Phi) is 3.85. The molecule has 102 valence electrons. The molecule has 0 amide bonds. The molecule has 2 aromatic rings. The van der Waals surface area contributed by atoms with Crippen LogP contribution < -0.4 is 5.73 Å². The standard InChI is InChI=1S/C10H15N7O2/c1-8-12-6-10(17(18)19)16(8)5-4-15-7-9(2-3-11)13-14-15/h6-7H,2-5,11H2,1H3. The molecule has 0 aliphatic rings. The van der Waals surface area contributed by atoms with E-state index in [2.05, 4.69) is 15.3 Å². The van der Waals surface area contributed by atoms with Gasteiger partial charge in [0.1, 0.15) is 12.7 Å². The average molecular weight is 265 g/mol. The van der Waals surface area contributed by atoms with Crippen LogP contribution in [0.4, 0.5) is 5.82 Å². The molecule has 0 aliphatic heterocycles. The van der Waals surface area contributed by atoms with Crippen LogP contribution in [0.25, 0.3) is 0 Å². The minimum absolute atomic E-state index is 0.0141. The molecular formula is C10H15N7O2. The van der Waals surface area contributed by atoms with Crippen molar-refractivity contribution < 1.29 is 4.92 Å². The second-order valence-corrected chi connectivity index (χ2v) is 4.08. The van der Waals surface area contributed by atoms with Crippen LogP contribution in [0.5, 0.6) is 0 Å². The molecule has 0 spiro atoms. The van der Waals surface area contributed by atoms with Crippen molar-refractivity contribution in [3.05, 3.63) is 34.0 Å². The van der Waals surface area contributed by atoms with Crippen LogP contribution >= 0.6 is 0 Å². The summed E-state index contributed by atoms with van der Waals surface area (Å²) in [4.78, 5) is 14.3. The number of imidazole rings is 1.